The second-order valence-electron chi connectivity index (χ2n) is 6.25. The van der Waals surface area contributed by atoms with Crippen molar-refractivity contribution in [1.29, 1.82) is 0 Å². The number of nitrogens with one attached hydrogen (secondary N) is 1. The lowest BCUT2D eigenvalue weighted by Crippen LogP contribution is -2.39. The van der Waals surface area contributed by atoms with Gasteiger partial charge in [0.1, 0.15) is 11.9 Å². The molecular weight excluding hydrogens is 330 g/mol. The molecule has 1 aliphatic rings. The van der Waals surface area contributed by atoms with Crippen molar-refractivity contribution in [1.82, 2.24) is 15.3 Å². The number of carbonyl (C=O) groups is 1. The van der Waals surface area contributed by atoms with Crippen molar-refractivity contribution in [3.05, 3.63) is 54.5 Å². The van der Waals surface area contributed by atoms with Crippen molar-refractivity contribution < 1.29 is 14.3 Å². The molecule has 1 N–H and O–H groups in total. The van der Waals surface area contributed by atoms with Crippen LogP contribution in [0.1, 0.15) is 31.2 Å². The van der Waals surface area contributed by atoms with Gasteiger partial charge in [-0.3, -0.25) is 9.78 Å². The molecule has 0 aliphatic heterocycles. The van der Waals surface area contributed by atoms with Crippen LogP contribution in [-0.4, -0.2) is 35.1 Å². The Kier molecular flexibility index (Phi) is 6.19. The van der Waals surface area contributed by atoms with E-state index < -0.39 is 0 Å². The first-order valence-electron chi connectivity index (χ1n) is 8.78. The van der Waals surface area contributed by atoms with Crippen LogP contribution in [0.2, 0.25) is 0 Å². The van der Waals surface area contributed by atoms with Crippen molar-refractivity contribution in [2.24, 2.45) is 0 Å². The third-order valence-corrected chi connectivity index (χ3v) is 4.39. The van der Waals surface area contributed by atoms with Crippen LogP contribution in [0.25, 0.3) is 6.08 Å². The zero-order chi connectivity index (χ0) is 18.2. The first-order valence-corrected chi connectivity index (χ1v) is 8.78. The van der Waals surface area contributed by atoms with Crippen molar-refractivity contribution in [2.75, 3.05) is 7.11 Å². The first-order chi connectivity index (χ1) is 12.7. The molecule has 26 heavy (non-hydrogen) atoms. The lowest BCUT2D eigenvalue weighted by atomic mass is 9.93. The Hall–Kier alpha value is -2.89. The molecule has 6 nitrogen and oxygen atoms in total. The number of aromatic nitrogens is 2. The summed E-state index contributed by atoms with van der Waals surface area (Å²) in [5.74, 6) is 1.29. The highest BCUT2D eigenvalue weighted by atomic mass is 16.5. The second kappa shape index (κ2) is 8.99. The number of hydrogen-bond donors (Lipinski definition) is 1. The van der Waals surface area contributed by atoms with Gasteiger partial charge in [0, 0.05) is 24.5 Å². The number of rotatable bonds is 6. The third-order valence-electron chi connectivity index (χ3n) is 4.39. The lowest BCUT2D eigenvalue weighted by molar-refractivity contribution is -0.117. The number of nitrogens with zero attached hydrogens (tertiary/aromatic N) is 2. The summed E-state index contributed by atoms with van der Waals surface area (Å²) in [5, 5.41) is 3.06. The van der Waals surface area contributed by atoms with Gasteiger partial charge in [-0.1, -0.05) is 12.1 Å². The van der Waals surface area contributed by atoms with Gasteiger partial charge in [-0.2, -0.15) is 0 Å². The summed E-state index contributed by atoms with van der Waals surface area (Å²) < 4.78 is 10.9. The van der Waals surface area contributed by atoms with Crippen LogP contribution in [0.5, 0.6) is 11.6 Å². The Balaban J connectivity index is 1.42. The van der Waals surface area contributed by atoms with E-state index in [1.165, 1.54) is 0 Å². The van der Waals surface area contributed by atoms with Gasteiger partial charge in [0.15, 0.2) is 0 Å². The maximum Gasteiger partial charge on any atom is 0.244 e. The molecule has 0 unspecified atom stereocenters. The Bertz CT molecular complexity index is 724. The summed E-state index contributed by atoms with van der Waals surface area (Å²) in [6.45, 7) is 0. The molecule has 0 spiro atoms. The molecule has 136 valence electrons. The fourth-order valence-corrected chi connectivity index (χ4v) is 2.98. The zero-order valence-corrected chi connectivity index (χ0v) is 14.8. The molecule has 1 aromatic carbocycles. The summed E-state index contributed by atoms with van der Waals surface area (Å²) >= 11 is 0. The van der Waals surface area contributed by atoms with Crippen LogP contribution >= 0.6 is 0 Å². The van der Waals surface area contributed by atoms with E-state index in [0.29, 0.717) is 5.88 Å². The van der Waals surface area contributed by atoms with Gasteiger partial charge in [-0.25, -0.2) is 4.98 Å². The van der Waals surface area contributed by atoms with Crippen molar-refractivity contribution >= 4 is 12.0 Å². The fraction of sp³-hybridized carbons (Fsp3) is 0.350. The highest BCUT2D eigenvalue weighted by Crippen LogP contribution is 2.22. The van der Waals surface area contributed by atoms with E-state index in [2.05, 4.69) is 15.3 Å². The second-order valence-corrected chi connectivity index (χ2v) is 6.25. The van der Waals surface area contributed by atoms with Gasteiger partial charge in [-0.15, -0.1) is 0 Å². The van der Waals surface area contributed by atoms with Gasteiger partial charge in [0.25, 0.3) is 0 Å². The highest BCUT2D eigenvalue weighted by molar-refractivity contribution is 5.91. The summed E-state index contributed by atoms with van der Waals surface area (Å²) in [4.78, 5) is 20.2. The van der Waals surface area contributed by atoms with Crippen LogP contribution in [0.4, 0.5) is 0 Å². The molecule has 6 heteroatoms. The van der Waals surface area contributed by atoms with E-state index >= 15 is 0 Å². The van der Waals surface area contributed by atoms with Crippen LogP contribution < -0.4 is 14.8 Å². The summed E-state index contributed by atoms with van der Waals surface area (Å²) in [5.41, 5.74) is 0.960. The van der Waals surface area contributed by atoms with E-state index in [1.54, 1.807) is 37.9 Å². The monoisotopic (exact) mass is 353 g/mol. The number of methoxy groups -OCH3 is 1. The molecule has 1 heterocycles. The fourth-order valence-electron chi connectivity index (χ4n) is 2.98. The lowest BCUT2D eigenvalue weighted by Gasteiger charge is -2.28. The quantitative estimate of drug-likeness (QED) is 0.808. The van der Waals surface area contributed by atoms with Crippen LogP contribution in [0.3, 0.4) is 0 Å². The van der Waals surface area contributed by atoms with E-state index in [4.69, 9.17) is 9.47 Å². The normalized spacial score (nSPS) is 19.9. The number of ether oxygens (including phenoxy) is 2. The summed E-state index contributed by atoms with van der Waals surface area (Å²) in [6, 6.07) is 7.76. The minimum atomic E-state index is -0.0703. The number of hydrogen-bond acceptors (Lipinski definition) is 5. The molecule has 3 rings (SSSR count). The molecule has 0 atom stereocenters. The Labute approximate surface area is 153 Å². The van der Waals surface area contributed by atoms with Crippen molar-refractivity contribution in [2.45, 2.75) is 37.8 Å². The van der Waals surface area contributed by atoms with Gasteiger partial charge in [-0.05, 0) is 49.5 Å². The average Bonchev–Trinajstić information content (AvgIpc) is 2.69. The standard InChI is InChI=1S/C20H23N3O3/c1-25-17-7-2-15(3-8-17)4-11-19(24)23-16-5-9-18(10-6-16)26-20-14-21-12-13-22-20/h2-4,7-8,11-14,16,18H,5-6,9-10H2,1H3,(H,23,24)/b11-4+. The van der Waals surface area contributed by atoms with E-state index in [9.17, 15) is 4.79 Å². The van der Waals surface area contributed by atoms with E-state index in [1.807, 2.05) is 24.3 Å². The molecule has 1 aromatic heterocycles. The molecule has 1 fully saturated rings. The maximum absolute atomic E-state index is 12.1. The Morgan fingerprint density at radius 1 is 1.15 bits per heavy atom. The van der Waals surface area contributed by atoms with Gasteiger partial charge < -0.3 is 14.8 Å². The SMILES string of the molecule is COc1ccc(/C=C/C(=O)NC2CCC(Oc3cnccn3)CC2)cc1. The van der Waals surface area contributed by atoms with Crippen molar-refractivity contribution in [3.63, 3.8) is 0 Å². The third kappa shape index (κ3) is 5.31. The topological polar surface area (TPSA) is 73.3 Å². The molecule has 0 bridgehead atoms. The molecular formula is C20H23N3O3. The summed E-state index contributed by atoms with van der Waals surface area (Å²) in [6.07, 6.45) is 12.0. The van der Waals surface area contributed by atoms with Crippen LogP contribution in [0, 0.1) is 0 Å². The zero-order valence-electron chi connectivity index (χ0n) is 14.8. The van der Waals surface area contributed by atoms with Crippen molar-refractivity contribution in [3.8, 4) is 11.6 Å². The predicted molar refractivity (Wildman–Crippen MR) is 98.9 cm³/mol. The summed E-state index contributed by atoms with van der Waals surface area (Å²) in [7, 11) is 1.63. The van der Waals surface area contributed by atoms with Crippen LogP contribution in [-0.2, 0) is 4.79 Å². The first kappa shape index (κ1) is 17.9. The predicted octanol–water partition coefficient (Wildman–Crippen LogP) is 3.00. The van der Waals surface area contributed by atoms with Crippen LogP contribution in [0.15, 0.2) is 48.9 Å². The highest BCUT2D eigenvalue weighted by Gasteiger charge is 2.23. The molecule has 0 radical (unpaired) electrons. The number of amides is 1. The Morgan fingerprint density at radius 3 is 2.58 bits per heavy atom. The molecule has 1 amide bonds. The molecule has 1 saturated carbocycles. The van der Waals surface area contributed by atoms with Gasteiger partial charge >= 0.3 is 0 Å². The number of carbonyl (C=O) groups excluding carboxylic acids is 1. The maximum atomic E-state index is 12.1. The Morgan fingerprint density at radius 2 is 1.92 bits per heavy atom. The minimum Gasteiger partial charge on any atom is -0.497 e. The average molecular weight is 353 g/mol. The van der Waals surface area contributed by atoms with E-state index in [0.717, 1.165) is 37.0 Å². The van der Waals surface area contributed by atoms with E-state index in [-0.39, 0.29) is 18.1 Å². The molecule has 1 aliphatic carbocycles. The smallest absolute Gasteiger partial charge is 0.244 e. The number of benzene rings is 1. The minimum absolute atomic E-state index is 0.0703. The van der Waals surface area contributed by atoms with Gasteiger partial charge in [0.05, 0.1) is 13.3 Å². The van der Waals surface area contributed by atoms with Gasteiger partial charge in [0.2, 0.25) is 11.8 Å². The molecule has 0 saturated heterocycles. The molecule has 2 aromatic rings. The largest absolute Gasteiger partial charge is 0.497 e.